The summed E-state index contributed by atoms with van der Waals surface area (Å²) < 4.78 is 11.0. The van der Waals surface area contributed by atoms with Crippen molar-refractivity contribution in [3.63, 3.8) is 0 Å². The molecule has 0 radical (unpaired) electrons. The molecule has 2 atom stereocenters. The summed E-state index contributed by atoms with van der Waals surface area (Å²) in [5.74, 6) is -0.444. The first-order valence-electron chi connectivity index (χ1n) is 6.43. The Morgan fingerprint density at radius 3 is 2.79 bits per heavy atom. The first kappa shape index (κ1) is 14.0. The number of rotatable bonds is 6. The Balaban J connectivity index is 2.16. The lowest BCUT2D eigenvalue weighted by Crippen LogP contribution is -2.55. The minimum Gasteiger partial charge on any atom is -0.379 e. The molecule has 2 unspecified atom stereocenters. The van der Waals surface area contributed by atoms with Crippen molar-refractivity contribution in [1.82, 2.24) is 5.32 Å². The van der Waals surface area contributed by atoms with E-state index in [-0.39, 0.29) is 12.7 Å². The fourth-order valence-electron chi connectivity index (χ4n) is 2.25. The second kappa shape index (κ2) is 6.14. The van der Waals surface area contributed by atoms with Crippen molar-refractivity contribution in [2.75, 3.05) is 26.9 Å². The van der Waals surface area contributed by atoms with Gasteiger partial charge in [-0.2, -0.15) is 0 Å². The molecule has 5 nitrogen and oxygen atoms in total. The third kappa shape index (κ3) is 2.94. The molecule has 3 N–H and O–H groups in total. The molecule has 1 aromatic rings. The molecular weight excluding hydrogens is 244 g/mol. The molecule has 0 saturated carbocycles. The van der Waals surface area contributed by atoms with Crippen LogP contribution < -0.4 is 11.1 Å². The van der Waals surface area contributed by atoms with Crippen molar-refractivity contribution < 1.29 is 14.3 Å². The SMILES string of the molecule is CNC(COC1CCOC1)(C(N)=O)c1ccccc1. The van der Waals surface area contributed by atoms with Crippen LogP contribution in [0.25, 0.3) is 0 Å². The summed E-state index contributed by atoms with van der Waals surface area (Å²) in [7, 11) is 1.71. The third-order valence-corrected chi connectivity index (χ3v) is 3.54. The van der Waals surface area contributed by atoms with Crippen molar-refractivity contribution in [2.24, 2.45) is 5.73 Å². The van der Waals surface area contributed by atoms with Gasteiger partial charge < -0.3 is 20.5 Å². The maximum Gasteiger partial charge on any atom is 0.244 e. The van der Waals surface area contributed by atoms with E-state index in [1.807, 2.05) is 30.3 Å². The van der Waals surface area contributed by atoms with E-state index < -0.39 is 11.4 Å². The van der Waals surface area contributed by atoms with Gasteiger partial charge in [0, 0.05) is 6.61 Å². The van der Waals surface area contributed by atoms with Crippen LogP contribution in [-0.2, 0) is 19.8 Å². The maximum absolute atomic E-state index is 11.9. The number of carbonyl (C=O) groups excluding carboxylic acids is 1. The highest BCUT2D eigenvalue weighted by Crippen LogP contribution is 2.22. The number of amides is 1. The molecule has 1 fully saturated rings. The number of carbonyl (C=O) groups is 1. The Morgan fingerprint density at radius 2 is 2.26 bits per heavy atom. The smallest absolute Gasteiger partial charge is 0.244 e. The van der Waals surface area contributed by atoms with E-state index in [4.69, 9.17) is 15.2 Å². The molecule has 1 amide bonds. The summed E-state index contributed by atoms with van der Waals surface area (Å²) in [4.78, 5) is 11.9. The maximum atomic E-state index is 11.9. The number of hydrogen-bond acceptors (Lipinski definition) is 4. The predicted octanol–water partition coefficient (Wildman–Crippen LogP) is 0.392. The summed E-state index contributed by atoms with van der Waals surface area (Å²) >= 11 is 0. The van der Waals surface area contributed by atoms with Gasteiger partial charge in [-0.25, -0.2) is 0 Å². The zero-order valence-corrected chi connectivity index (χ0v) is 11.1. The van der Waals surface area contributed by atoms with Crippen LogP contribution in [0, 0.1) is 0 Å². The fraction of sp³-hybridized carbons (Fsp3) is 0.500. The Hall–Kier alpha value is -1.43. The quantitative estimate of drug-likeness (QED) is 0.779. The number of nitrogens with two attached hydrogens (primary N) is 1. The molecule has 5 heteroatoms. The predicted molar refractivity (Wildman–Crippen MR) is 71.6 cm³/mol. The van der Waals surface area contributed by atoms with Crippen LogP contribution >= 0.6 is 0 Å². The third-order valence-electron chi connectivity index (χ3n) is 3.54. The second-order valence-electron chi connectivity index (χ2n) is 4.68. The number of nitrogens with one attached hydrogen (secondary N) is 1. The van der Waals surface area contributed by atoms with Crippen LogP contribution in [0.3, 0.4) is 0 Å². The van der Waals surface area contributed by atoms with Crippen LogP contribution in [0.2, 0.25) is 0 Å². The van der Waals surface area contributed by atoms with E-state index in [9.17, 15) is 4.79 Å². The fourth-order valence-corrected chi connectivity index (χ4v) is 2.25. The summed E-state index contributed by atoms with van der Waals surface area (Å²) in [6.07, 6.45) is 0.892. The number of primary amides is 1. The van der Waals surface area contributed by atoms with Crippen LogP contribution in [-0.4, -0.2) is 38.9 Å². The van der Waals surface area contributed by atoms with Gasteiger partial charge in [0.15, 0.2) is 0 Å². The summed E-state index contributed by atoms with van der Waals surface area (Å²) in [6, 6.07) is 9.40. The van der Waals surface area contributed by atoms with E-state index in [0.29, 0.717) is 13.2 Å². The number of hydrogen-bond donors (Lipinski definition) is 2. The van der Waals surface area contributed by atoms with Gasteiger partial charge in [0.25, 0.3) is 0 Å². The lowest BCUT2D eigenvalue weighted by atomic mass is 9.90. The Kier molecular flexibility index (Phi) is 4.52. The van der Waals surface area contributed by atoms with Crippen molar-refractivity contribution in [3.8, 4) is 0 Å². The highest BCUT2D eigenvalue weighted by atomic mass is 16.5. The average molecular weight is 264 g/mol. The summed E-state index contributed by atoms with van der Waals surface area (Å²) in [6.45, 7) is 1.49. The molecular formula is C14H20N2O3. The van der Waals surface area contributed by atoms with Crippen LogP contribution in [0.1, 0.15) is 12.0 Å². The Labute approximate surface area is 113 Å². The molecule has 1 aliphatic rings. The van der Waals surface area contributed by atoms with E-state index in [0.717, 1.165) is 12.0 Å². The Bertz CT molecular complexity index is 418. The molecule has 19 heavy (non-hydrogen) atoms. The Morgan fingerprint density at radius 1 is 1.53 bits per heavy atom. The van der Waals surface area contributed by atoms with Gasteiger partial charge in [-0.1, -0.05) is 30.3 Å². The van der Waals surface area contributed by atoms with Gasteiger partial charge >= 0.3 is 0 Å². The highest BCUT2D eigenvalue weighted by Gasteiger charge is 2.38. The molecule has 0 aliphatic carbocycles. The van der Waals surface area contributed by atoms with Gasteiger partial charge in [0.05, 0.1) is 19.3 Å². The molecule has 0 bridgehead atoms. The number of benzene rings is 1. The van der Waals surface area contributed by atoms with E-state index in [1.165, 1.54) is 0 Å². The van der Waals surface area contributed by atoms with Crippen molar-refractivity contribution in [2.45, 2.75) is 18.1 Å². The van der Waals surface area contributed by atoms with Gasteiger partial charge in [0.1, 0.15) is 5.54 Å². The second-order valence-corrected chi connectivity index (χ2v) is 4.68. The largest absolute Gasteiger partial charge is 0.379 e. The number of likely N-dealkylation sites (N-methyl/N-ethyl adjacent to an activating group) is 1. The van der Waals surface area contributed by atoms with Gasteiger partial charge in [0.2, 0.25) is 5.91 Å². The van der Waals surface area contributed by atoms with E-state index in [2.05, 4.69) is 5.32 Å². The monoisotopic (exact) mass is 264 g/mol. The molecule has 0 spiro atoms. The zero-order chi connectivity index (χ0) is 13.7. The normalized spacial score (nSPS) is 22.1. The molecule has 1 aromatic carbocycles. The van der Waals surface area contributed by atoms with Gasteiger partial charge in [-0.15, -0.1) is 0 Å². The van der Waals surface area contributed by atoms with Crippen LogP contribution in [0.4, 0.5) is 0 Å². The standard InChI is InChI=1S/C14H20N2O3/c1-16-14(13(15)17,11-5-3-2-4-6-11)10-19-12-7-8-18-9-12/h2-6,12,16H,7-10H2,1H3,(H2,15,17). The molecule has 1 aliphatic heterocycles. The average Bonchev–Trinajstić information content (AvgIpc) is 2.94. The summed E-state index contributed by atoms with van der Waals surface area (Å²) in [5, 5.41) is 3.01. The van der Waals surface area contributed by atoms with Crippen molar-refractivity contribution in [3.05, 3.63) is 35.9 Å². The van der Waals surface area contributed by atoms with Crippen molar-refractivity contribution >= 4 is 5.91 Å². The lowest BCUT2D eigenvalue weighted by molar-refractivity contribution is -0.128. The summed E-state index contributed by atoms with van der Waals surface area (Å²) in [5.41, 5.74) is 5.40. The van der Waals surface area contributed by atoms with E-state index >= 15 is 0 Å². The topological polar surface area (TPSA) is 73.6 Å². The molecule has 1 saturated heterocycles. The molecule has 1 heterocycles. The van der Waals surface area contributed by atoms with E-state index in [1.54, 1.807) is 7.05 Å². The molecule has 104 valence electrons. The lowest BCUT2D eigenvalue weighted by Gasteiger charge is -2.31. The van der Waals surface area contributed by atoms with Gasteiger partial charge in [-0.05, 0) is 19.0 Å². The first-order chi connectivity index (χ1) is 9.19. The molecule has 0 aromatic heterocycles. The number of ether oxygens (including phenoxy) is 2. The van der Waals surface area contributed by atoms with Crippen LogP contribution in [0.15, 0.2) is 30.3 Å². The highest BCUT2D eigenvalue weighted by molar-refractivity contribution is 5.86. The van der Waals surface area contributed by atoms with Gasteiger partial charge in [-0.3, -0.25) is 4.79 Å². The van der Waals surface area contributed by atoms with Crippen molar-refractivity contribution in [1.29, 1.82) is 0 Å². The minimum absolute atomic E-state index is 0.0378. The first-order valence-corrected chi connectivity index (χ1v) is 6.43. The zero-order valence-electron chi connectivity index (χ0n) is 11.1. The molecule has 2 rings (SSSR count). The van der Waals surface area contributed by atoms with Crippen LogP contribution in [0.5, 0.6) is 0 Å². The minimum atomic E-state index is -0.996.